The van der Waals surface area contributed by atoms with E-state index in [1.54, 1.807) is 4.90 Å². The number of rotatable bonds is 2. The Morgan fingerprint density at radius 2 is 1.67 bits per heavy atom. The van der Waals surface area contributed by atoms with Gasteiger partial charge in [0.15, 0.2) is 0 Å². The van der Waals surface area contributed by atoms with Gasteiger partial charge < -0.3 is 10.6 Å². The van der Waals surface area contributed by atoms with Crippen LogP contribution >= 0.6 is 0 Å². The van der Waals surface area contributed by atoms with Crippen LogP contribution in [0.5, 0.6) is 0 Å². The second kappa shape index (κ2) is 4.27. The number of para-hydroxylation sites is 1. The highest BCUT2D eigenvalue weighted by Gasteiger charge is 2.34. The summed E-state index contributed by atoms with van der Waals surface area (Å²) < 4.78 is 0. The molecule has 2 aromatic carbocycles. The first-order valence-corrected chi connectivity index (χ1v) is 5.97. The minimum Gasteiger partial charge on any atom is -0.316 e. The molecule has 0 radical (unpaired) electrons. The van der Waals surface area contributed by atoms with E-state index in [9.17, 15) is 4.79 Å². The highest BCUT2D eigenvalue weighted by Crippen LogP contribution is 2.35. The number of benzene rings is 2. The number of carbonyl (C=O) groups excluding carboxylic acids is 1. The first-order valence-electron chi connectivity index (χ1n) is 5.97. The summed E-state index contributed by atoms with van der Waals surface area (Å²) in [6.07, 6.45) is 0. The van der Waals surface area contributed by atoms with Crippen molar-refractivity contribution < 1.29 is 4.79 Å². The molecular weight excluding hydrogens is 224 g/mol. The molecule has 0 unspecified atom stereocenters. The van der Waals surface area contributed by atoms with Crippen molar-refractivity contribution >= 4 is 11.6 Å². The fourth-order valence-electron chi connectivity index (χ4n) is 2.35. The zero-order valence-corrected chi connectivity index (χ0v) is 9.91. The van der Waals surface area contributed by atoms with E-state index >= 15 is 0 Å². The van der Waals surface area contributed by atoms with Crippen LogP contribution in [0, 0.1) is 0 Å². The monoisotopic (exact) mass is 238 g/mol. The van der Waals surface area contributed by atoms with Gasteiger partial charge in [0.1, 0.15) is 6.04 Å². The molecule has 3 nitrogen and oxygen atoms in total. The van der Waals surface area contributed by atoms with Gasteiger partial charge >= 0.3 is 0 Å². The number of hydrogen-bond acceptors (Lipinski definition) is 2. The molecule has 1 aliphatic heterocycles. The van der Waals surface area contributed by atoms with Crippen molar-refractivity contribution in [3.05, 3.63) is 65.7 Å². The average molecular weight is 238 g/mol. The van der Waals surface area contributed by atoms with E-state index in [1.165, 1.54) is 0 Å². The largest absolute Gasteiger partial charge is 0.316 e. The molecule has 0 aromatic heterocycles. The summed E-state index contributed by atoms with van der Waals surface area (Å²) in [5, 5.41) is 0. The van der Waals surface area contributed by atoms with Gasteiger partial charge in [0.2, 0.25) is 5.91 Å². The van der Waals surface area contributed by atoms with E-state index in [2.05, 4.69) is 0 Å². The summed E-state index contributed by atoms with van der Waals surface area (Å²) in [5.74, 6) is -0.0277. The lowest BCUT2D eigenvalue weighted by atomic mass is 10.1. The highest BCUT2D eigenvalue weighted by atomic mass is 16.2. The number of fused-ring (bicyclic) bond motifs is 1. The van der Waals surface area contributed by atoms with Crippen molar-refractivity contribution in [2.45, 2.75) is 12.6 Å². The van der Waals surface area contributed by atoms with Crippen LogP contribution in [0.3, 0.4) is 0 Å². The van der Waals surface area contributed by atoms with Crippen LogP contribution < -0.4 is 10.6 Å². The summed E-state index contributed by atoms with van der Waals surface area (Å²) in [5.41, 5.74) is 8.89. The van der Waals surface area contributed by atoms with Crippen LogP contribution in [0.25, 0.3) is 0 Å². The Labute approximate surface area is 106 Å². The van der Waals surface area contributed by atoms with Crippen LogP contribution in [0.1, 0.15) is 17.2 Å². The summed E-state index contributed by atoms with van der Waals surface area (Å²) in [6, 6.07) is 17.1. The molecule has 18 heavy (non-hydrogen) atoms. The van der Waals surface area contributed by atoms with Crippen LogP contribution in [-0.2, 0) is 11.3 Å². The van der Waals surface area contributed by atoms with Crippen LogP contribution in [-0.4, -0.2) is 5.91 Å². The van der Waals surface area contributed by atoms with Gasteiger partial charge in [-0.1, -0.05) is 48.5 Å². The molecule has 0 fully saturated rings. The topological polar surface area (TPSA) is 46.3 Å². The molecule has 1 heterocycles. The van der Waals surface area contributed by atoms with E-state index in [4.69, 9.17) is 5.73 Å². The maximum atomic E-state index is 12.2. The number of nitrogens with two attached hydrogens (primary N) is 1. The molecule has 1 aliphatic rings. The van der Waals surface area contributed by atoms with E-state index in [-0.39, 0.29) is 5.91 Å². The molecule has 0 aliphatic carbocycles. The van der Waals surface area contributed by atoms with Crippen molar-refractivity contribution in [2.24, 2.45) is 5.73 Å². The Bertz CT molecular complexity index is 580. The predicted octanol–water partition coefficient (Wildman–Crippen LogP) is 2.23. The van der Waals surface area contributed by atoms with E-state index < -0.39 is 6.04 Å². The molecule has 2 N–H and O–H groups in total. The van der Waals surface area contributed by atoms with Gasteiger partial charge in [0.25, 0.3) is 0 Å². The normalized spacial score (nSPS) is 17.9. The van der Waals surface area contributed by atoms with Gasteiger partial charge in [-0.2, -0.15) is 0 Å². The number of amides is 1. The lowest BCUT2D eigenvalue weighted by molar-refractivity contribution is -0.119. The minimum atomic E-state index is -0.523. The molecule has 3 heteroatoms. The fourth-order valence-corrected chi connectivity index (χ4v) is 2.35. The minimum absolute atomic E-state index is 0.0277. The molecule has 90 valence electrons. The third-order valence-corrected chi connectivity index (χ3v) is 3.28. The zero-order chi connectivity index (χ0) is 12.5. The lowest BCUT2D eigenvalue weighted by Crippen LogP contribution is -2.31. The number of anilines is 1. The van der Waals surface area contributed by atoms with Gasteiger partial charge in [0, 0.05) is 11.3 Å². The molecule has 1 amide bonds. The zero-order valence-electron chi connectivity index (χ0n) is 9.91. The lowest BCUT2D eigenvalue weighted by Gasteiger charge is -2.17. The van der Waals surface area contributed by atoms with Crippen molar-refractivity contribution in [3.8, 4) is 0 Å². The average Bonchev–Trinajstić information content (AvgIpc) is 2.66. The van der Waals surface area contributed by atoms with Crippen molar-refractivity contribution in [1.82, 2.24) is 0 Å². The maximum Gasteiger partial charge on any atom is 0.248 e. The second-order valence-corrected chi connectivity index (χ2v) is 4.45. The van der Waals surface area contributed by atoms with Crippen molar-refractivity contribution in [1.29, 1.82) is 0 Å². The molecule has 0 saturated carbocycles. The first-order chi connectivity index (χ1) is 8.77. The summed E-state index contributed by atoms with van der Waals surface area (Å²) in [4.78, 5) is 13.9. The van der Waals surface area contributed by atoms with Crippen LogP contribution in [0.15, 0.2) is 54.6 Å². The van der Waals surface area contributed by atoms with Gasteiger partial charge in [-0.25, -0.2) is 0 Å². The molecule has 0 bridgehead atoms. The van der Waals surface area contributed by atoms with E-state index in [0.717, 1.165) is 16.8 Å². The Morgan fingerprint density at radius 3 is 2.44 bits per heavy atom. The quantitative estimate of drug-likeness (QED) is 0.872. The summed E-state index contributed by atoms with van der Waals surface area (Å²) >= 11 is 0. The fraction of sp³-hybridized carbons (Fsp3) is 0.133. The molecule has 1 atom stereocenters. The number of hydrogen-bond donors (Lipinski definition) is 1. The van der Waals surface area contributed by atoms with Gasteiger partial charge in [-0.05, 0) is 11.6 Å². The standard InChI is InChI=1S/C15H14N2O/c16-14-12-8-4-5-9-13(12)17(15(14)18)10-11-6-2-1-3-7-11/h1-9,14H,10,16H2/t14-/m0/s1. The van der Waals surface area contributed by atoms with Crippen LogP contribution in [0.4, 0.5) is 5.69 Å². The second-order valence-electron chi connectivity index (χ2n) is 4.45. The third-order valence-electron chi connectivity index (χ3n) is 3.28. The van der Waals surface area contributed by atoms with Gasteiger partial charge in [-0.3, -0.25) is 4.79 Å². The molecule has 3 rings (SSSR count). The van der Waals surface area contributed by atoms with Gasteiger partial charge in [0.05, 0.1) is 6.54 Å². The highest BCUT2D eigenvalue weighted by molar-refractivity contribution is 6.04. The van der Waals surface area contributed by atoms with Crippen molar-refractivity contribution in [3.63, 3.8) is 0 Å². The van der Waals surface area contributed by atoms with E-state index in [0.29, 0.717) is 6.54 Å². The smallest absolute Gasteiger partial charge is 0.248 e. The first kappa shape index (κ1) is 11.0. The van der Waals surface area contributed by atoms with Crippen molar-refractivity contribution in [2.75, 3.05) is 4.90 Å². The Kier molecular flexibility index (Phi) is 2.61. The van der Waals surface area contributed by atoms with Gasteiger partial charge in [-0.15, -0.1) is 0 Å². The molecule has 0 saturated heterocycles. The third kappa shape index (κ3) is 1.69. The Balaban J connectivity index is 1.96. The molecular formula is C15H14N2O. The Morgan fingerprint density at radius 1 is 1.00 bits per heavy atom. The molecule has 2 aromatic rings. The maximum absolute atomic E-state index is 12.2. The number of nitrogens with zero attached hydrogens (tertiary/aromatic N) is 1. The molecule has 0 spiro atoms. The van der Waals surface area contributed by atoms with Crippen LogP contribution in [0.2, 0.25) is 0 Å². The number of carbonyl (C=O) groups is 1. The summed E-state index contributed by atoms with van der Waals surface area (Å²) in [6.45, 7) is 0.574. The Hall–Kier alpha value is -2.13. The summed E-state index contributed by atoms with van der Waals surface area (Å²) in [7, 11) is 0. The van der Waals surface area contributed by atoms with E-state index in [1.807, 2.05) is 54.6 Å². The SMILES string of the molecule is N[C@@H]1C(=O)N(Cc2ccccc2)c2ccccc21. The predicted molar refractivity (Wildman–Crippen MR) is 71.0 cm³/mol.